The normalized spacial score (nSPS) is 12.8. The van der Waals surface area contributed by atoms with Crippen molar-refractivity contribution in [2.24, 2.45) is 0 Å². The summed E-state index contributed by atoms with van der Waals surface area (Å²) in [5.74, 6) is -0.296. The second-order valence-electron chi connectivity index (χ2n) is 4.61. The van der Waals surface area contributed by atoms with Crippen molar-refractivity contribution in [1.29, 1.82) is 0 Å². The van der Waals surface area contributed by atoms with Crippen LogP contribution in [0.3, 0.4) is 0 Å². The molecule has 2 heteroatoms. The molecule has 0 amide bonds. The minimum atomic E-state index is -0.296. The summed E-state index contributed by atoms with van der Waals surface area (Å²) in [7, 11) is 1.40. The van der Waals surface area contributed by atoms with Gasteiger partial charge in [-0.1, -0.05) is 42.5 Å². The molecule has 0 atom stereocenters. The summed E-state index contributed by atoms with van der Waals surface area (Å²) >= 11 is 0. The Hall–Kier alpha value is -2.35. The first-order valence-electron chi connectivity index (χ1n) is 6.25. The van der Waals surface area contributed by atoms with Crippen molar-refractivity contribution in [2.75, 3.05) is 7.11 Å². The number of carbonyl (C=O) groups excluding carboxylic acids is 1. The lowest BCUT2D eigenvalue weighted by Crippen LogP contribution is -2.00. The van der Waals surface area contributed by atoms with Gasteiger partial charge in [0.05, 0.1) is 12.7 Å². The lowest BCUT2D eigenvalue weighted by atomic mass is 10.0. The van der Waals surface area contributed by atoms with Crippen molar-refractivity contribution in [2.45, 2.75) is 6.42 Å². The Kier molecular flexibility index (Phi) is 2.92. The Labute approximate surface area is 112 Å². The van der Waals surface area contributed by atoms with E-state index < -0.39 is 0 Å². The van der Waals surface area contributed by atoms with Crippen molar-refractivity contribution in [1.82, 2.24) is 0 Å². The van der Waals surface area contributed by atoms with E-state index in [9.17, 15) is 4.79 Å². The number of fused-ring (bicyclic) bond motifs is 1. The maximum absolute atomic E-state index is 11.4. The van der Waals surface area contributed by atoms with Crippen LogP contribution < -0.4 is 0 Å². The van der Waals surface area contributed by atoms with Gasteiger partial charge in [-0.15, -0.1) is 0 Å². The molecule has 0 bridgehead atoms. The minimum Gasteiger partial charge on any atom is -0.465 e. The third kappa shape index (κ3) is 2.17. The lowest BCUT2D eigenvalue weighted by Gasteiger charge is -2.04. The quantitative estimate of drug-likeness (QED) is 0.762. The molecule has 0 fully saturated rings. The fraction of sp³-hybridized carbons (Fsp3) is 0.118. The van der Waals surface area contributed by atoms with Gasteiger partial charge >= 0.3 is 5.97 Å². The second kappa shape index (κ2) is 4.73. The van der Waals surface area contributed by atoms with Crippen molar-refractivity contribution in [3.8, 4) is 0 Å². The predicted octanol–water partition coefficient (Wildman–Crippen LogP) is 3.57. The van der Waals surface area contributed by atoms with Crippen LogP contribution in [-0.4, -0.2) is 13.1 Å². The number of methoxy groups -OCH3 is 1. The minimum absolute atomic E-state index is 0.296. The van der Waals surface area contributed by atoms with Crippen LogP contribution in [0.5, 0.6) is 0 Å². The number of benzene rings is 2. The molecule has 1 aliphatic carbocycles. The van der Waals surface area contributed by atoms with Gasteiger partial charge in [0.25, 0.3) is 0 Å². The first-order valence-corrected chi connectivity index (χ1v) is 6.25. The highest BCUT2D eigenvalue weighted by atomic mass is 16.5. The zero-order chi connectivity index (χ0) is 13.2. The Morgan fingerprint density at radius 3 is 2.47 bits per heavy atom. The zero-order valence-corrected chi connectivity index (χ0v) is 10.7. The third-order valence-electron chi connectivity index (χ3n) is 3.44. The van der Waals surface area contributed by atoms with Crippen LogP contribution in [0.2, 0.25) is 0 Å². The molecule has 0 unspecified atom stereocenters. The number of rotatable bonds is 2. The maximum Gasteiger partial charge on any atom is 0.337 e. The highest BCUT2D eigenvalue weighted by Crippen LogP contribution is 2.31. The molecule has 0 N–H and O–H groups in total. The van der Waals surface area contributed by atoms with Crippen molar-refractivity contribution < 1.29 is 9.53 Å². The van der Waals surface area contributed by atoms with E-state index in [1.807, 2.05) is 24.3 Å². The predicted molar refractivity (Wildman–Crippen MR) is 75.8 cm³/mol. The molecule has 94 valence electrons. The van der Waals surface area contributed by atoms with Gasteiger partial charge in [0.2, 0.25) is 0 Å². The smallest absolute Gasteiger partial charge is 0.337 e. The molecule has 0 saturated heterocycles. The Balaban J connectivity index is 1.88. The number of ether oxygens (including phenoxy) is 1. The third-order valence-corrected chi connectivity index (χ3v) is 3.44. The molecule has 0 aliphatic heterocycles. The zero-order valence-electron chi connectivity index (χ0n) is 10.7. The van der Waals surface area contributed by atoms with Gasteiger partial charge in [-0.3, -0.25) is 0 Å². The summed E-state index contributed by atoms with van der Waals surface area (Å²) in [6.07, 6.45) is 3.16. The fourth-order valence-electron chi connectivity index (χ4n) is 2.40. The maximum atomic E-state index is 11.4. The van der Waals surface area contributed by atoms with Crippen molar-refractivity contribution in [3.05, 3.63) is 70.8 Å². The molecule has 2 nitrogen and oxygen atoms in total. The van der Waals surface area contributed by atoms with Crippen LogP contribution in [0.1, 0.15) is 27.0 Å². The molecule has 0 aromatic heterocycles. The van der Waals surface area contributed by atoms with Crippen LogP contribution in [0, 0.1) is 0 Å². The topological polar surface area (TPSA) is 26.3 Å². The number of hydrogen-bond donors (Lipinski definition) is 0. The number of carbonyl (C=O) groups is 1. The van der Waals surface area contributed by atoms with Crippen LogP contribution in [0.25, 0.3) is 11.6 Å². The van der Waals surface area contributed by atoms with Crippen molar-refractivity contribution >= 4 is 17.6 Å². The molecule has 2 aromatic rings. The van der Waals surface area contributed by atoms with E-state index in [0.29, 0.717) is 5.56 Å². The number of hydrogen-bond acceptors (Lipinski definition) is 2. The van der Waals surface area contributed by atoms with E-state index in [4.69, 9.17) is 4.74 Å². The van der Waals surface area contributed by atoms with Crippen LogP contribution in [0.4, 0.5) is 0 Å². The lowest BCUT2D eigenvalue weighted by molar-refractivity contribution is 0.0601. The first-order chi connectivity index (χ1) is 9.28. The summed E-state index contributed by atoms with van der Waals surface area (Å²) < 4.78 is 4.70. The van der Waals surface area contributed by atoms with Gasteiger partial charge in [0.1, 0.15) is 0 Å². The SMILES string of the molecule is COC(=O)c1ccc(C2=Cc3ccccc3C2)cc1. The molecule has 0 heterocycles. The van der Waals surface area contributed by atoms with E-state index in [0.717, 1.165) is 12.0 Å². The molecule has 3 rings (SSSR count). The summed E-state index contributed by atoms with van der Waals surface area (Å²) in [5, 5.41) is 0. The summed E-state index contributed by atoms with van der Waals surface area (Å²) in [6.45, 7) is 0. The average Bonchev–Trinajstić information content (AvgIpc) is 2.90. The van der Waals surface area contributed by atoms with E-state index in [-0.39, 0.29) is 5.97 Å². The first kappa shape index (κ1) is 11.7. The van der Waals surface area contributed by atoms with Gasteiger partial charge in [-0.05, 0) is 40.8 Å². The fourth-order valence-corrected chi connectivity index (χ4v) is 2.40. The molecular formula is C17H14O2. The van der Waals surface area contributed by atoms with Gasteiger partial charge in [0, 0.05) is 0 Å². The molecule has 2 aromatic carbocycles. The Morgan fingerprint density at radius 1 is 1.05 bits per heavy atom. The van der Waals surface area contributed by atoms with Crippen molar-refractivity contribution in [3.63, 3.8) is 0 Å². The van der Waals surface area contributed by atoms with Crippen LogP contribution in [-0.2, 0) is 11.2 Å². The molecule has 1 aliphatic rings. The van der Waals surface area contributed by atoms with Gasteiger partial charge in [0.15, 0.2) is 0 Å². The van der Waals surface area contributed by atoms with Crippen LogP contribution >= 0.6 is 0 Å². The van der Waals surface area contributed by atoms with E-state index >= 15 is 0 Å². The largest absolute Gasteiger partial charge is 0.465 e. The summed E-state index contributed by atoms with van der Waals surface area (Å²) in [5.41, 5.74) is 5.67. The van der Waals surface area contributed by atoms with E-state index in [1.165, 1.54) is 23.8 Å². The Bertz CT molecular complexity index is 651. The number of esters is 1. The van der Waals surface area contributed by atoms with Gasteiger partial charge in [-0.25, -0.2) is 4.79 Å². The molecule has 0 spiro atoms. The van der Waals surface area contributed by atoms with Crippen LogP contribution in [0.15, 0.2) is 48.5 Å². The summed E-state index contributed by atoms with van der Waals surface area (Å²) in [6, 6.07) is 16.0. The van der Waals surface area contributed by atoms with Gasteiger partial charge < -0.3 is 4.74 Å². The molecule has 0 saturated carbocycles. The average molecular weight is 250 g/mol. The second-order valence-corrected chi connectivity index (χ2v) is 4.61. The summed E-state index contributed by atoms with van der Waals surface area (Å²) in [4.78, 5) is 11.4. The standard InChI is InChI=1S/C17H14O2/c1-19-17(18)13-8-6-12(7-9-13)16-10-14-4-2-3-5-15(14)11-16/h2-10H,11H2,1H3. The highest BCUT2D eigenvalue weighted by molar-refractivity contribution is 5.92. The molecular weight excluding hydrogens is 236 g/mol. The van der Waals surface area contributed by atoms with E-state index in [1.54, 1.807) is 0 Å². The molecule has 0 radical (unpaired) electrons. The van der Waals surface area contributed by atoms with E-state index in [2.05, 4.69) is 30.3 Å². The monoisotopic (exact) mass is 250 g/mol. The Morgan fingerprint density at radius 2 is 1.79 bits per heavy atom. The molecule has 19 heavy (non-hydrogen) atoms. The number of allylic oxidation sites excluding steroid dienone is 1. The van der Waals surface area contributed by atoms with Gasteiger partial charge in [-0.2, -0.15) is 0 Å². The highest BCUT2D eigenvalue weighted by Gasteiger charge is 2.13.